The van der Waals surface area contributed by atoms with Gasteiger partial charge in [0, 0.05) is 19.1 Å². The van der Waals surface area contributed by atoms with Gasteiger partial charge in [-0.25, -0.2) is 4.98 Å². The molecular formula is C12H17N3O. The molecule has 1 aromatic rings. The van der Waals surface area contributed by atoms with Gasteiger partial charge < -0.3 is 5.32 Å². The number of rotatable bonds is 1. The van der Waals surface area contributed by atoms with Crippen molar-refractivity contribution in [1.29, 1.82) is 0 Å². The Hall–Kier alpha value is -1.16. The topological polar surface area (TPSA) is 46.9 Å². The maximum atomic E-state index is 12.2. The lowest BCUT2D eigenvalue weighted by Gasteiger charge is -2.23. The first kappa shape index (κ1) is 10.0. The SMILES string of the molecule is O=c1c2c(ncn1C1CCCCC1)CNC2. The van der Waals surface area contributed by atoms with Gasteiger partial charge in [0.15, 0.2) is 0 Å². The van der Waals surface area contributed by atoms with E-state index in [1.165, 1.54) is 19.3 Å². The third-order valence-corrected chi connectivity index (χ3v) is 3.74. The molecule has 1 saturated carbocycles. The van der Waals surface area contributed by atoms with Gasteiger partial charge in [-0.15, -0.1) is 0 Å². The number of fused-ring (bicyclic) bond motifs is 1. The third-order valence-electron chi connectivity index (χ3n) is 3.74. The second kappa shape index (κ2) is 4.01. The van der Waals surface area contributed by atoms with Crippen LogP contribution in [0.1, 0.15) is 49.4 Å². The van der Waals surface area contributed by atoms with Crippen molar-refractivity contribution in [3.63, 3.8) is 0 Å². The minimum absolute atomic E-state index is 0.182. The van der Waals surface area contributed by atoms with Gasteiger partial charge in [0.2, 0.25) is 0 Å². The molecule has 4 heteroatoms. The maximum absolute atomic E-state index is 12.2. The predicted molar refractivity (Wildman–Crippen MR) is 61.2 cm³/mol. The van der Waals surface area contributed by atoms with Crippen molar-refractivity contribution >= 4 is 0 Å². The molecule has 1 aromatic heterocycles. The first-order valence-corrected chi connectivity index (χ1v) is 6.16. The van der Waals surface area contributed by atoms with Crippen molar-refractivity contribution in [3.8, 4) is 0 Å². The molecule has 0 unspecified atom stereocenters. The highest BCUT2D eigenvalue weighted by molar-refractivity contribution is 5.20. The highest BCUT2D eigenvalue weighted by Crippen LogP contribution is 2.26. The van der Waals surface area contributed by atoms with Crippen molar-refractivity contribution in [2.24, 2.45) is 0 Å². The zero-order valence-corrected chi connectivity index (χ0v) is 9.41. The fourth-order valence-corrected chi connectivity index (χ4v) is 2.80. The summed E-state index contributed by atoms with van der Waals surface area (Å²) in [7, 11) is 0. The molecule has 0 aromatic carbocycles. The van der Waals surface area contributed by atoms with Crippen LogP contribution in [0.3, 0.4) is 0 Å². The van der Waals surface area contributed by atoms with Crippen molar-refractivity contribution in [2.45, 2.75) is 51.2 Å². The Morgan fingerprint density at radius 3 is 2.88 bits per heavy atom. The summed E-state index contributed by atoms with van der Waals surface area (Å²) in [5, 5.41) is 3.18. The largest absolute Gasteiger partial charge is 0.307 e. The van der Waals surface area contributed by atoms with E-state index in [4.69, 9.17) is 0 Å². The van der Waals surface area contributed by atoms with Crippen LogP contribution in [0.5, 0.6) is 0 Å². The monoisotopic (exact) mass is 219 g/mol. The van der Waals surface area contributed by atoms with Crippen LogP contribution >= 0.6 is 0 Å². The Morgan fingerprint density at radius 1 is 1.25 bits per heavy atom. The zero-order valence-electron chi connectivity index (χ0n) is 9.41. The Kier molecular flexibility index (Phi) is 2.52. The lowest BCUT2D eigenvalue weighted by atomic mass is 9.95. The van der Waals surface area contributed by atoms with E-state index in [-0.39, 0.29) is 5.56 Å². The number of hydrogen-bond donors (Lipinski definition) is 1. The van der Waals surface area contributed by atoms with Crippen molar-refractivity contribution < 1.29 is 0 Å². The van der Waals surface area contributed by atoms with Crippen LogP contribution in [0.4, 0.5) is 0 Å². The standard InChI is InChI=1S/C12H17N3O/c16-12-10-6-13-7-11(10)14-8-15(12)9-4-2-1-3-5-9/h8-9,13H,1-7H2. The summed E-state index contributed by atoms with van der Waals surface area (Å²) in [5.41, 5.74) is 2.01. The van der Waals surface area contributed by atoms with Gasteiger partial charge in [-0.2, -0.15) is 0 Å². The molecule has 1 aliphatic carbocycles. The van der Waals surface area contributed by atoms with Crippen LogP contribution in [0.15, 0.2) is 11.1 Å². The van der Waals surface area contributed by atoms with Gasteiger partial charge in [0.1, 0.15) is 0 Å². The summed E-state index contributed by atoms with van der Waals surface area (Å²) in [5.74, 6) is 0. The summed E-state index contributed by atoms with van der Waals surface area (Å²) in [6, 6.07) is 0.389. The minimum Gasteiger partial charge on any atom is -0.307 e. The van der Waals surface area contributed by atoms with Gasteiger partial charge in [-0.05, 0) is 12.8 Å². The van der Waals surface area contributed by atoms with Gasteiger partial charge >= 0.3 is 0 Å². The number of hydrogen-bond acceptors (Lipinski definition) is 3. The van der Waals surface area contributed by atoms with Crippen LogP contribution in [0.2, 0.25) is 0 Å². The average molecular weight is 219 g/mol. The number of aromatic nitrogens is 2. The summed E-state index contributed by atoms with van der Waals surface area (Å²) in [6.45, 7) is 1.44. The smallest absolute Gasteiger partial charge is 0.258 e. The number of nitrogens with zero attached hydrogens (tertiary/aromatic N) is 2. The number of nitrogens with one attached hydrogen (secondary N) is 1. The van der Waals surface area contributed by atoms with Crippen LogP contribution < -0.4 is 10.9 Å². The second-order valence-corrected chi connectivity index (χ2v) is 4.78. The van der Waals surface area contributed by atoms with Crippen molar-refractivity contribution in [2.75, 3.05) is 0 Å². The molecule has 0 atom stereocenters. The highest BCUT2D eigenvalue weighted by Gasteiger charge is 2.21. The van der Waals surface area contributed by atoms with E-state index >= 15 is 0 Å². The molecule has 0 amide bonds. The molecule has 3 rings (SSSR count). The maximum Gasteiger partial charge on any atom is 0.258 e. The van der Waals surface area contributed by atoms with Crippen LogP contribution in [-0.4, -0.2) is 9.55 Å². The van der Waals surface area contributed by atoms with Crippen LogP contribution in [0.25, 0.3) is 0 Å². The fraction of sp³-hybridized carbons (Fsp3) is 0.667. The Bertz CT molecular complexity index is 446. The lowest BCUT2D eigenvalue weighted by Crippen LogP contribution is -2.29. The van der Waals surface area contributed by atoms with Crippen molar-refractivity contribution in [3.05, 3.63) is 27.9 Å². The molecule has 16 heavy (non-hydrogen) atoms. The molecule has 2 heterocycles. The van der Waals surface area contributed by atoms with Gasteiger partial charge in [-0.3, -0.25) is 9.36 Å². The van der Waals surface area contributed by atoms with E-state index < -0.39 is 0 Å². The van der Waals surface area contributed by atoms with Crippen molar-refractivity contribution in [1.82, 2.24) is 14.9 Å². The van der Waals surface area contributed by atoms with Gasteiger partial charge in [-0.1, -0.05) is 19.3 Å². The summed E-state index contributed by atoms with van der Waals surface area (Å²) in [6.07, 6.45) is 7.82. The summed E-state index contributed by atoms with van der Waals surface area (Å²) < 4.78 is 1.87. The van der Waals surface area contributed by atoms with Crippen LogP contribution in [-0.2, 0) is 13.1 Å². The molecular weight excluding hydrogens is 202 g/mol. The first-order valence-electron chi connectivity index (χ1n) is 6.16. The Balaban J connectivity index is 1.98. The minimum atomic E-state index is 0.182. The zero-order chi connectivity index (χ0) is 11.0. The molecule has 2 aliphatic rings. The Morgan fingerprint density at radius 2 is 2.06 bits per heavy atom. The van der Waals surface area contributed by atoms with Crippen LogP contribution in [0, 0.1) is 0 Å². The lowest BCUT2D eigenvalue weighted by molar-refractivity contribution is 0.342. The molecule has 0 saturated heterocycles. The van der Waals surface area contributed by atoms with E-state index in [0.717, 1.165) is 30.6 Å². The quantitative estimate of drug-likeness (QED) is 0.775. The molecule has 0 spiro atoms. The molecule has 1 fully saturated rings. The molecule has 0 radical (unpaired) electrons. The van der Waals surface area contributed by atoms with E-state index in [1.54, 1.807) is 6.33 Å². The van der Waals surface area contributed by atoms with Gasteiger partial charge in [0.25, 0.3) is 5.56 Å². The summed E-state index contributed by atoms with van der Waals surface area (Å²) >= 11 is 0. The molecule has 0 bridgehead atoms. The third kappa shape index (κ3) is 1.57. The molecule has 4 nitrogen and oxygen atoms in total. The van der Waals surface area contributed by atoms with E-state index in [0.29, 0.717) is 12.6 Å². The van der Waals surface area contributed by atoms with E-state index in [2.05, 4.69) is 10.3 Å². The molecule has 1 aliphatic heterocycles. The Labute approximate surface area is 94.7 Å². The second-order valence-electron chi connectivity index (χ2n) is 4.78. The highest BCUT2D eigenvalue weighted by atomic mass is 16.1. The predicted octanol–water partition coefficient (Wildman–Crippen LogP) is 1.35. The first-order chi connectivity index (χ1) is 7.86. The molecule has 1 N–H and O–H groups in total. The average Bonchev–Trinajstić information content (AvgIpc) is 2.80. The van der Waals surface area contributed by atoms with Gasteiger partial charge in [0.05, 0.1) is 17.6 Å². The summed E-state index contributed by atoms with van der Waals surface area (Å²) in [4.78, 5) is 16.6. The van der Waals surface area contributed by atoms with E-state index in [9.17, 15) is 4.79 Å². The van der Waals surface area contributed by atoms with E-state index in [1.807, 2.05) is 4.57 Å². The molecule has 86 valence electrons. The normalized spacial score (nSPS) is 21.0. The fourth-order valence-electron chi connectivity index (χ4n) is 2.80.